The molecule has 0 saturated heterocycles. The maximum atomic E-state index is 9.00. The van der Waals surface area contributed by atoms with Gasteiger partial charge in [-0.1, -0.05) is 40.6 Å². The van der Waals surface area contributed by atoms with Crippen LogP contribution in [0.2, 0.25) is 10.0 Å². The zero-order valence-electron chi connectivity index (χ0n) is 11.7. The first-order valence-corrected chi connectivity index (χ1v) is 7.67. The minimum absolute atomic E-state index is 0.0591. The van der Waals surface area contributed by atoms with Crippen molar-refractivity contribution < 1.29 is 9.90 Å². The van der Waals surface area contributed by atoms with E-state index < -0.39 is 5.97 Å². The van der Waals surface area contributed by atoms with Crippen LogP contribution < -0.4 is 11.5 Å². The molecule has 3 rings (SSSR count). The molecule has 23 heavy (non-hydrogen) atoms. The van der Waals surface area contributed by atoms with Crippen molar-refractivity contribution in [2.24, 2.45) is 4.99 Å². The van der Waals surface area contributed by atoms with Crippen molar-refractivity contribution in [3.63, 3.8) is 0 Å². The van der Waals surface area contributed by atoms with Crippen LogP contribution in [0.3, 0.4) is 0 Å². The van der Waals surface area contributed by atoms with Crippen molar-refractivity contribution in [3.05, 3.63) is 38.2 Å². The molecule has 0 aliphatic carbocycles. The summed E-state index contributed by atoms with van der Waals surface area (Å²) in [4.78, 5) is 17.8. The lowest BCUT2D eigenvalue weighted by Gasteiger charge is -2.04. The average molecular weight is 372 g/mol. The van der Waals surface area contributed by atoms with Crippen molar-refractivity contribution in [1.29, 1.82) is 5.41 Å². The number of rotatable bonds is 1. The molecule has 0 radical (unpaired) electrons. The van der Waals surface area contributed by atoms with Crippen LogP contribution >= 0.6 is 34.5 Å². The number of aliphatic imine (C=N–C) groups is 1. The summed E-state index contributed by atoms with van der Waals surface area (Å²) < 4.78 is 0. The molecule has 1 aromatic heterocycles. The van der Waals surface area contributed by atoms with E-state index in [2.05, 4.69) is 9.98 Å². The van der Waals surface area contributed by atoms with E-state index in [1.165, 1.54) is 11.3 Å². The fraction of sp³-hybridized carbons (Fsp3) is 0.0769. The van der Waals surface area contributed by atoms with Gasteiger partial charge in [-0.3, -0.25) is 10.2 Å². The van der Waals surface area contributed by atoms with Gasteiger partial charge in [0.05, 0.1) is 20.6 Å². The van der Waals surface area contributed by atoms with Gasteiger partial charge in [0.25, 0.3) is 5.97 Å². The van der Waals surface area contributed by atoms with E-state index in [1.807, 2.05) is 0 Å². The first-order valence-electron chi connectivity index (χ1n) is 6.10. The van der Waals surface area contributed by atoms with Crippen LogP contribution in [0.4, 0.5) is 10.9 Å². The molecule has 10 heteroatoms. The maximum absolute atomic E-state index is 9.00. The smallest absolute Gasteiger partial charge is 0.300 e. The summed E-state index contributed by atoms with van der Waals surface area (Å²) in [5, 5.41) is 16.4. The zero-order valence-corrected chi connectivity index (χ0v) is 14.1. The number of nitrogen functional groups attached to an aromatic ring is 2. The lowest BCUT2D eigenvalue weighted by atomic mass is 10.0. The number of carbonyl (C=O) groups is 1. The molecule has 0 spiro atoms. The van der Waals surface area contributed by atoms with Crippen LogP contribution in [0.1, 0.15) is 22.9 Å². The minimum atomic E-state index is -0.833. The van der Waals surface area contributed by atoms with Gasteiger partial charge in [0.2, 0.25) is 0 Å². The second-order valence-electron chi connectivity index (χ2n) is 4.38. The van der Waals surface area contributed by atoms with Gasteiger partial charge in [0.1, 0.15) is 5.82 Å². The van der Waals surface area contributed by atoms with Gasteiger partial charge in [-0.25, -0.2) is 9.98 Å². The van der Waals surface area contributed by atoms with Crippen molar-refractivity contribution in [2.45, 2.75) is 6.92 Å². The van der Waals surface area contributed by atoms with Crippen LogP contribution in [0, 0.1) is 5.41 Å². The Labute approximate surface area is 145 Å². The van der Waals surface area contributed by atoms with Crippen LogP contribution in [-0.4, -0.2) is 27.6 Å². The average Bonchev–Trinajstić information content (AvgIpc) is 2.93. The number of fused-ring (bicyclic) bond motifs is 1. The first-order chi connectivity index (χ1) is 10.7. The standard InChI is InChI=1S/C11H7Cl2N5S.C2H4O2/c12-4-2-1-3-5(6(4)13)9(14)17-7(3)8-10(15)18-11(16)19-8;1-2(3)4/h1-2,14H,15H2,(H2,16,18);1H3,(H,3,4). The molecule has 0 bridgehead atoms. The van der Waals surface area contributed by atoms with Gasteiger partial charge in [-0.05, 0) is 6.07 Å². The second-order valence-corrected chi connectivity index (χ2v) is 6.19. The van der Waals surface area contributed by atoms with Gasteiger partial charge in [0, 0.05) is 18.1 Å². The molecule has 0 amide bonds. The Balaban J connectivity index is 0.000000433. The molecule has 6 N–H and O–H groups in total. The Hall–Kier alpha value is -2.16. The van der Waals surface area contributed by atoms with Crippen molar-refractivity contribution in [2.75, 3.05) is 11.5 Å². The highest BCUT2D eigenvalue weighted by atomic mass is 35.5. The number of aliphatic carboxylic acids is 1. The molecule has 1 aromatic carbocycles. The number of aromatic nitrogens is 1. The van der Waals surface area contributed by atoms with Gasteiger partial charge < -0.3 is 16.6 Å². The molecule has 0 fully saturated rings. The Morgan fingerprint density at radius 3 is 2.48 bits per heavy atom. The molecule has 2 heterocycles. The summed E-state index contributed by atoms with van der Waals surface area (Å²) in [7, 11) is 0. The predicted octanol–water partition coefficient (Wildman–Crippen LogP) is 2.88. The summed E-state index contributed by atoms with van der Waals surface area (Å²) >= 11 is 13.3. The van der Waals surface area contributed by atoms with E-state index in [9.17, 15) is 0 Å². The summed E-state index contributed by atoms with van der Waals surface area (Å²) in [6.45, 7) is 1.08. The largest absolute Gasteiger partial charge is 0.481 e. The van der Waals surface area contributed by atoms with Gasteiger partial charge in [-0.15, -0.1) is 0 Å². The molecule has 0 saturated carbocycles. The number of nitrogens with zero attached hydrogens (tertiary/aromatic N) is 2. The Bertz CT molecular complexity index is 843. The number of carboxylic acid groups (broad SMARTS) is 1. The van der Waals surface area contributed by atoms with Crippen LogP contribution in [0.15, 0.2) is 17.1 Å². The molecule has 1 aliphatic rings. The quantitative estimate of drug-likeness (QED) is 0.610. The number of nitrogens with two attached hydrogens (primary N) is 2. The van der Waals surface area contributed by atoms with E-state index in [0.29, 0.717) is 37.1 Å². The lowest BCUT2D eigenvalue weighted by molar-refractivity contribution is -0.134. The fourth-order valence-corrected chi connectivity index (χ4v) is 3.07. The second kappa shape index (κ2) is 6.53. The molecular formula is C13H11Cl2N5O2S. The highest BCUT2D eigenvalue weighted by Crippen LogP contribution is 2.36. The summed E-state index contributed by atoms with van der Waals surface area (Å²) in [5.74, 6) is -0.475. The van der Waals surface area contributed by atoms with Crippen LogP contribution in [-0.2, 0) is 4.79 Å². The van der Waals surface area contributed by atoms with Crippen molar-refractivity contribution in [3.8, 4) is 0 Å². The number of nitrogens with one attached hydrogen (secondary N) is 1. The van der Waals surface area contributed by atoms with E-state index in [1.54, 1.807) is 12.1 Å². The molecule has 1 aliphatic heterocycles. The van der Waals surface area contributed by atoms with E-state index in [0.717, 1.165) is 12.5 Å². The molecule has 120 valence electrons. The summed E-state index contributed by atoms with van der Waals surface area (Å²) in [6, 6.07) is 3.43. The van der Waals surface area contributed by atoms with Gasteiger partial charge >= 0.3 is 0 Å². The molecular weight excluding hydrogens is 361 g/mol. The van der Waals surface area contributed by atoms with Gasteiger partial charge in [0.15, 0.2) is 11.0 Å². The summed E-state index contributed by atoms with van der Waals surface area (Å²) in [6.07, 6.45) is 0. The molecule has 0 atom stereocenters. The Morgan fingerprint density at radius 2 is 1.96 bits per heavy atom. The lowest BCUT2D eigenvalue weighted by Crippen LogP contribution is -2.02. The minimum Gasteiger partial charge on any atom is -0.481 e. The van der Waals surface area contributed by atoms with Crippen LogP contribution in [0.25, 0.3) is 0 Å². The number of anilines is 2. The number of hydrogen-bond donors (Lipinski definition) is 4. The van der Waals surface area contributed by atoms with Crippen molar-refractivity contribution in [1.82, 2.24) is 4.98 Å². The van der Waals surface area contributed by atoms with Crippen molar-refractivity contribution >= 4 is 63.0 Å². The Morgan fingerprint density at radius 1 is 1.35 bits per heavy atom. The number of carboxylic acids is 1. The van der Waals surface area contributed by atoms with E-state index in [-0.39, 0.29) is 5.84 Å². The maximum Gasteiger partial charge on any atom is 0.300 e. The fourth-order valence-electron chi connectivity index (χ4n) is 1.90. The number of amidine groups is 1. The number of halogens is 2. The highest BCUT2D eigenvalue weighted by Gasteiger charge is 2.28. The van der Waals surface area contributed by atoms with Crippen LogP contribution in [0.5, 0.6) is 0 Å². The Kier molecular flexibility index (Phi) is 4.88. The number of hydrogen-bond acceptors (Lipinski definition) is 6. The third-order valence-corrected chi connectivity index (χ3v) is 4.41. The number of benzene rings is 1. The highest BCUT2D eigenvalue weighted by molar-refractivity contribution is 7.18. The summed E-state index contributed by atoms with van der Waals surface area (Å²) in [5.41, 5.74) is 13.2. The monoisotopic (exact) mass is 371 g/mol. The van der Waals surface area contributed by atoms with E-state index >= 15 is 0 Å². The third-order valence-electron chi connectivity index (χ3n) is 2.70. The van der Waals surface area contributed by atoms with Gasteiger partial charge in [-0.2, -0.15) is 0 Å². The molecule has 7 nitrogen and oxygen atoms in total. The molecule has 0 unspecified atom stereocenters. The predicted molar refractivity (Wildman–Crippen MR) is 93.2 cm³/mol. The third kappa shape index (κ3) is 3.44. The normalized spacial score (nSPS) is 12.3. The zero-order chi connectivity index (χ0) is 17.3. The van der Waals surface area contributed by atoms with E-state index in [4.69, 9.17) is 50.0 Å². The SMILES string of the molecule is CC(=O)O.N=C1N=C(c2sc(N)nc2N)c2ccc(Cl)c(Cl)c21. The topological polar surface area (TPSA) is 138 Å². The molecule has 2 aromatic rings. The first kappa shape index (κ1) is 17.2. The number of thiazole rings is 1.